The molecule has 0 heterocycles. The lowest BCUT2D eigenvalue weighted by atomic mass is 10.1. The van der Waals surface area contributed by atoms with E-state index < -0.39 is 0 Å². The van der Waals surface area contributed by atoms with Gasteiger partial charge in [0.1, 0.15) is 0 Å². The summed E-state index contributed by atoms with van der Waals surface area (Å²) in [6.07, 6.45) is 3.13. The Morgan fingerprint density at radius 1 is 1.38 bits per heavy atom. The normalized spacial score (nSPS) is 10.1. The molecule has 1 aromatic rings. The maximum atomic E-state index is 11.7. The Hall–Kier alpha value is -1.51. The smallest absolute Gasteiger partial charge is 0.338 e. The quantitative estimate of drug-likeness (QED) is 0.472. The van der Waals surface area contributed by atoms with Crippen LogP contribution in [0.4, 0.5) is 5.69 Å². The molecule has 1 rings (SSSR count). The van der Waals surface area contributed by atoms with Gasteiger partial charge in [0.05, 0.1) is 12.2 Å². The lowest BCUT2D eigenvalue weighted by Gasteiger charge is -2.08. The van der Waals surface area contributed by atoms with Crippen LogP contribution < -0.4 is 5.73 Å². The minimum atomic E-state index is -0.277. The van der Waals surface area contributed by atoms with Crippen molar-refractivity contribution in [3.05, 3.63) is 29.3 Å². The Labute approximate surface area is 96.6 Å². The molecule has 0 spiro atoms. The van der Waals surface area contributed by atoms with Gasteiger partial charge >= 0.3 is 5.97 Å². The first kappa shape index (κ1) is 12.6. The lowest BCUT2D eigenvalue weighted by Crippen LogP contribution is -2.09. The van der Waals surface area contributed by atoms with Gasteiger partial charge in [0.15, 0.2) is 0 Å². The summed E-state index contributed by atoms with van der Waals surface area (Å²) in [5.74, 6) is -0.277. The van der Waals surface area contributed by atoms with E-state index in [0.29, 0.717) is 17.9 Å². The second kappa shape index (κ2) is 6.16. The van der Waals surface area contributed by atoms with Gasteiger partial charge in [-0.3, -0.25) is 0 Å². The van der Waals surface area contributed by atoms with E-state index in [-0.39, 0.29) is 5.97 Å². The summed E-state index contributed by atoms with van der Waals surface area (Å²) in [5.41, 5.74) is 7.72. The molecule has 0 saturated carbocycles. The third kappa shape index (κ3) is 3.26. The molecule has 0 saturated heterocycles. The van der Waals surface area contributed by atoms with Crippen LogP contribution in [0.25, 0.3) is 0 Å². The number of anilines is 1. The minimum absolute atomic E-state index is 0.277. The van der Waals surface area contributed by atoms with Crippen molar-refractivity contribution in [2.75, 3.05) is 12.3 Å². The molecule has 0 unspecified atom stereocenters. The van der Waals surface area contributed by atoms with Crippen molar-refractivity contribution in [2.24, 2.45) is 0 Å². The maximum absolute atomic E-state index is 11.7. The zero-order chi connectivity index (χ0) is 12.0. The molecule has 0 atom stereocenters. The molecule has 0 aliphatic carbocycles. The molecule has 88 valence electrons. The third-order valence-electron chi connectivity index (χ3n) is 2.58. The van der Waals surface area contributed by atoms with Crippen LogP contribution in [0.1, 0.15) is 42.1 Å². The number of carbonyl (C=O) groups is 1. The number of hydrogen-bond acceptors (Lipinski definition) is 3. The fraction of sp³-hybridized carbons (Fsp3) is 0.462. The number of ether oxygens (including phenoxy) is 1. The summed E-state index contributed by atoms with van der Waals surface area (Å²) < 4.78 is 5.17. The summed E-state index contributed by atoms with van der Waals surface area (Å²) >= 11 is 0. The zero-order valence-corrected chi connectivity index (χ0v) is 9.95. The highest BCUT2D eigenvalue weighted by Crippen LogP contribution is 2.16. The largest absolute Gasteiger partial charge is 0.462 e. The number of esters is 1. The molecule has 16 heavy (non-hydrogen) atoms. The number of carbonyl (C=O) groups excluding carboxylic acids is 1. The third-order valence-corrected chi connectivity index (χ3v) is 2.58. The molecule has 0 radical (unpaired) electrons. The molecule has 0 amide bonds. The van der Waals surface area contributed by atoms with Gasteiger partial charge in [0, 0.05) is 5.69 Å². The van der Waals surface area contributed by atoms with E-state index in [9.17, 15) is 4.79 Å². The molecule has 1 aromatic carbocycles. The number of rotatable bonds is 5. The fourth-order valence-corrected chi connectivity index (χ4v) is 1.47. The molecule has 0 aromatic heterocycles. The second-order valence-electron chi connectivity index (χ2n) is 3.86. The molecule has 3 nitrogen and oxygen atoms in total. The Bertz CT molecular complexity index is 361. The predicted molar refractivity (Wildman–Crippen MR) is 65.4 cm³/mol. The van der Waals surface area contributed by atoms with Crippen LogP contribution in [0.5, 0.6) is 0 Å². The van der Waals surface area contributed by atoms with E-state index in [1.165, 1.54) is 0 Å². The molecular formula is C13H19NO2. The molecule has 2 N–H and O–H groups in total. The topological polar surface area (TPSA) is 52.3 Å². The molecular weight excluding hydrogens is 202 g/mol. The monoisotopic (exact) mass is 221 g/mol. The Morgan fingerprint density at radius 3 is 2.81 bits per heavy atom. The number of nitrogen functional groups attached to an aromatic ring is 1. The van der Waals surface area contributed by atoms with Crippen LogP contribution in [-0.4, -0.2) is 12.6 Å². The highest BCUT2D eigenvalue weighted by atomic mass is 16.5. The summed E-state index contributed by atoms with van der Waals surface area (Å²) in [6.45, 7) is 4.43. The van der Waals surface area contributed by atoms with E-state index in [2.05, 4.69) is 6.92 Å². The van der Waals surface area contributed by atoms with Gasteiger partial charge in [-0.1, -0.05) is 25.8 Å². The molecule has 0 fully saturated rings. The van der Waals surface area contributed by atoms with E-state index in [4.69, 9.17) is 10.5 Å². The molecule has 0 bridgehead atoms. The number of benzene rings is 1. The van der Waals surface area contributed by atoms with E-state index in [0.717, 1.165) is 24.8 Å². The van der Waals surface area contributed by atoms with E-state index in [1.54, 1.807) is 18.2 Å². The SMILES string of the molecule is CCCCCOC(=O)c1cccc(N)c1C. The van der Waals surface area contributed by atoms with Crippen LogP contribution in [0.15, 0.2) is 18.2 Å². The minimum Gasteiger partial charge on any atom is -0.462 e. The predicted octanol–water partition coefficient (Wildman–Crippen LogP) is 2.92. The van der Waals surface area contributed by atoms with Crippen molar-refractivity contribution in [1.82, 2.24) is 0 Å². The van der Waals surface area contributed by atoms with Crippen molar-refractivity contribution >= 4 is 11.7 Å². The summed E-state index contributed by atoms with van der Waals surface area (Å²) in [5, 5.41) is 0. The summed E-state index contributed by atoms with van der Waals surface area (Å²) in [4.78, 5) is 11.7. The number of hydrogen-bond donors (Lipinski definition) is 1. The number of nitrogens with two attached hydrogens (primary N) is 1. The van der Waals surface area contributed by atoms with Crippen molar-refractivity contribution < 1.29 is 9.53 Å². The van der Waals surface area contributed by atoms with Gasteiger partial charge in [-0.2, -0.15) is 0 Å². The van der Waals surface area contributed by atoms with E-state index >= 15 is 0 Å². The second-order valence-corrected chi connectivity index (χ2v) is 3.86. The van der Waals surface area contributed by atoms with Gasteiger partial charge in [0.25, 0.3) is 0 Å². The maximum Gasteiger partial charge on any atom is 0.338 e. The molecule has 0 aliphatic heterocycles. The Morgan fingerprint density at radius 2 is 2.12 bits per heavy atom. The fourth-order valence-electron chi connectivity index (χ4n) is 1.47. The van der Waals surface area contributed by atoms with Crippen LogP contribution in [0.2, 0.25) is 0 Å². The van der Waals surface area contributed by atoms with Crippen LogP contribution in [0.3, 0.4) is 0 Å². The van der Waals surface area contributed by atoms with Gasteiger partial charge in [-0.05, 0) is 31.0 Å². The van der Waals surface area contributed by atoms with Crippen molar-refractivity contribution in [2.45, 2.75) is 33.1 Å². The number of unbranched alkanes of at least 4 members (excludes halogenated alkanes) is 2. The van der Waals surface area contributed by atoms with Gasteiger partial charge in [0.2, 0.25) is 0 Å². The first-order valence-corrected chi connectivity index (χ1v) is 5.69. The summed E-state index contributed by atoms with van der Waals surface area (Å²) in [7, 11) is 0. The first-order valence-electron chi connectivity index (χ1n) is 5.69. The van der Waals surface area contributed by atoms with Crippen molar-refractivity contribution in [3.63, 3.8) is 0 Å². The average Bonchev–Trinajstić information content (AvgIpc) is 2.28. The molecule has 3 heteroatoms. The van der Waals surface area contributed by atoms with Gasteiger partial charge < -0.3 is 10.5 Å². The van der Waals surface area contributed by atoms with Crippen LogP contribution >= 0.6 is 0 Å². The first-order chi connectivity index (χ1) is 7.66. The highest BCUT2D eigenvalue weighted by molar-refractivity contribution is 5.92. The van der Waals surface area contributed by atoms with Crippen molar-refractivity contribution in [1.29, 1.82) is 0 Å². The lowest BCUT2D eigenvalue weighted by molar-refractivity contribution is 0.0497. The standard InChI is InChI=1S/C13H19NO2/c1-3-4-5-9-16-13(15)11-7-6-8-12(14)10(11)2/h6-8H,3-5,9,14H2,1-2H3. The highest BCUT2D eigenvalue weighted by Gasteiger charge is 2.11. The van der Waals surface area contributed by atoms with Crippen LogP contribution in [0, 0.1) is 6.92 Å². The Balaban J connectivity index is 2.56. The zero-order valence-electron chi connectivity index (χ0n) is 9.95. The van der Waals surface area contributed by atoms with Crippen LogP contribution in [-0.2, 0) is 4.74 Å². The van der Waals surface area contributed by atoms with Gasteiger partial charge in [-0.15, -0.1) is 0 Å². The summed E-state index contributed by atoms with van der Waals surface area (Å²) in [6, 6.07) is 5.29. The van der Waals surface area contributed by atoms with Gasteiger partial charge in [-0.25, -0.2) is 4.79 Å². The van der Waals surface area contributed by atoms with Crippen molar-refractivity contribution in [3.8, 4) is 0 Å². The Kier molecular flexibility index (Phi) is 4.83. The molecule has 0 aliphatic rings. The average molecular weight is 221 g/mol. The van der Waals surface area contributed by atoms with E-state index in [1.807, 2.05) is 6.92 Å².